The van der Waals surface area contributed by atoms with Crippen LogP contribution in [0.25, 0.3) is 0 Å². The first kappa shape index (κ1) is 31.5. The Morgan fingerprint density at radius 3 is 2.43 bits per heavy atom. The summed E-state index contributed by atoms with van der Waals surface area (Å²) in [4.78, 5) is 55.0. The van der Waals surface area contributed by atoms with Crippen LogP contribution in [0.15, 0.2) is 42.5 Å². The monoisotopic (exact) mass is 583 g/mol. The maximum absolute atomic E-state index is 14.1. The summed E-state index contributed by atoms with van der Waals surface area (Å²) in [7, 11) is 1.31. The Kier molecular flexibility index (Phi) is 11.0. The summed E-state index contributed by atoms with van der Waals surface area (Å²) in [5.41, 5.74) is 0.398. The third-order valence-electron chi connectivity index (χ3n) is 8.34. The Labute approximate surface area is 248 Å². The van der Waals surface area contributed by atoms with Gasteiger partial charge in [0.25, 0.3) is 0 Å². The van der Waals surface area contributed by atoms with Gasteiger partial charge < -0.3 is 29.7 Å². The van der Waals surface area contributed by atoms with Gasteiger partial charge in [-0.25, -0.2) is 9.59 Å². The van der Waals surface area contributed by atoms with Crippen molar-refractivity contribution in [2.45, 2.75) is 108 Å². The van der Waals surface area contributed by atoms with E-state index in [0.717, 1.165) is 37.7 Å². The van der Waals surface area contributed by atoms with E-state index in [2.05, 4.69) is 22.8 Å². The van der Waals surface area contributed by atoms with Crippen LogP contribution in [0, 0.1) is 5.92 Å². The van der Waals surface area contributed by atoms with Crippen molar-refractivity contribution in [3.05, 3.63) is 48.0 Å². The molecule has 10 nitrogen and oxygen atoms in total. The lowest BCUT2D eigenvalue weighted by atomic mass is 9.89. The fourth-order valence-electron chi connectivity index (χ4n) is 6.30. The van der Waals surface area contributed by atoms with Gasteiger partial charge >= 0.3 is 12.1 Å². The molecule has 2 N–H and O–H groups in total. The standard InChI is InChI=1S/C32H45N3O7/c1-32(2)19-23-26(42-32)20-35-27(23)28(36)33-25(30(38)40-3)18-14-9-7-5-4-6-8-13-17-24(29(35)37)34-31(39)41-21-22-15-11-10-12-16-22/h4-5,10-12,15-16,23-27H,6-9,13-14,17-21H2,1-3H3,(H,33,36)(H,34,39)/b5-4+/t23-,24-,25-,26-,27-/m0/s1. The Morgan fingerprint density at radius 1 is 1.05 bits per heavy atom. The van der Waals surface area contributed by atoms with Crippen LogP contribution in [0.1, 0.15) is 77.2 Å². The van der Waals surface area contributed by atoms with Crippen LogP contribution in [0.3, 0.4) is 0 Å². The Hall–Kier alpha value is -3.40. The predicted octanol–water partition coefficient (Wildman–Crippen LogP) is 4.02. The van der Waals surface area contributed by atoms with Crippen LogP contribution in [0.5, 0.6) is 0 Å². The molecule has 2 saturated heterocycles. The van der Waals surface area contributed by atoms with Crippen molar-refractivity contribution in [3.63, 3.8) is 0 Å². The topological polar surface area (TPSA) is 123 Å². The number of allylic oxidation sites excluding steroid dienone is 2. The third kappa shape index (κ3) is 8.33. The van der Waals surface area contributed by atoms with Gasteiger partial charge in [0, 0.05) is 12.5 Å². The highest BCUT2D eigenvalue weighted by atomic mass is 16.5. The lowest BCUT2D eigenvalue weighted by Crippen LogP contribution is -2.57. The molecule has 1 aromatic rings. The number of amides is 3. The first-order chi connectivity index (χ1) is 20.2. The van der Waals surface area contributed by atoms with Crippen molar-refractivity contribution >= 4 is 23.9 Å². The molecule has 1 aromatic carbocycles. The van der Waals surface area contributed by atoms with Crippen LogP contribution in [-0.2, 0) is 35.2 Å². The SMILES string of the molecule is COC(=O)[C@@H]1CCCC/C=C/CCCC[C@H](NC(=O)OCc2ccccc2)C(=O)N2C[C@@H]3OC(C)(C)C[C@@H]3[C@H]2C(=O)N1. The minimum Gasteiger partial charge on any atom is -0.467 e. The Bertz CT molecular complexity index is 1120. The number of ether oxygens (including phenoxy) is 3. The molecule has 3 amide bonds. The zero-order valence-electron chi connectivity index (χ0n) is 25.0. The van der Waals surface area contributed by atoms with Crippen molar-refractivity contribution in [2.24, 2.45) is 5.92 Å². The van der Waals surface area contributed by atoms with Crippen molar-refractivity contribution in [1.82, 2.24) is 15.5 Å². The van der Waals surface area contributed by atoms with E-state index >= 15 is 0 Å². The molecule has 5 atom stereocenters. The predicted molar refractivity (Wildman–Crippen MR) is 156 cm³/mol. The molecule has 10 heteroatoms. The highest BCUT2D eigenvalue weighted by Crippen LogP contribution is 2.43. The molecule has 42 heavy (non-hydrogen) atoms. The summed E-state index contributed by atoms with van der Waals surface area (Å²) >= 11 is 0. The lowest BCUT2D eigenvalue weighted by molar-refractivity contribution is -0.147. The minimum atomic E-state index is -0.869. The summed E-state index contributed by atoms with van der Waals surface area (Å²) in [6.07, 6.45) is 9.64. The fourth-order valence-corrected chi connectivity index (χ4v) is 6.30. The highest BCUT2D eigenvalue weighted by Gasteiger charge is 2.56. The maximum atomic E-state index is 14.1. The minimum absolute atomic E-state index is 0.0785. The molecular formula is C32H45N3O7. The van der Waals surface area contributed by atoms with E-state index in [1.54, 1.807) is 0 Å². The van der Waals surface area contributed by atoms with Gasteiger partial charge in [0.1, 0.15) is 24.7 Å². The van der Waals surface area contributed by atoms with Gasteiger partial charge in [-0.3, -0.25) is 9.59 Å². The Morgan fingerprint density at radius 2 is 1.74 bits per heavy atom. The van der Waals surface area contributed by atoms with Gasteiger partial charge in [0.2, 0.25) is 11.8 Å². The summed E-state index contributed by atoms with van der Waals surface area (Å²) in [5.74, 6) is -1.49. The first-order valence-corrected chi connectivity index (χ1v) is 15.2. The van der Waals surface area contributed by atoms with E-state index in [4.69, 9.17) is 14.2 Å². The molecule has 0 unspecified atom stereocenters. The van der Waals surface area contributed by atoms with Crippen LogP contribution in [0.2, 0.25) is 0 Å². The number of carbonyl (C=O) groups is 4. The number of esters is 1. The van der Waals surface area contributed by atoms with Crippen molar-refractivity contribution in [3.8, 4) is 0 Å². The van der Waals surface area contributed by atoms with Crippen molar-refractivity contribution in [1.29, 1.82) is 0 Å². The van der Waals surface area contributed by atoms with E-state index in [1.165, 1.54) is 12.0 Å². The van der Waals surface area contributed by atoms with E-state index in [0.29, 0.717) is 25.7 Å². The number of nitrogens with zero attached hydrogens (tertiary/aromatic N) is 1. The quantitative estimate of drug-likeness (QED) is 0.405. The number of carbonyl (C=O) groups excluding carboxylic acids is 4. The lowest BCUT2D eigenvalue weighted by Gasteiger charge is -2.32. The molecule has 2 fully saturated rings. The molecule has 3 aliphatic rings. The second-order valence-corrected chi connectivity index (χ2v) is 12.1. The molecule has 0 aliphatic carbocycles. The number of hydrogen-bond donors (Lipinski definition) is 2. The van der Waals surface area contributed by atoms with Crippen LogP contribution in [-0.4, -0.2) is 72.3 Å². The maximum Gasteiger partial charge on any atom is 0.408 e. The van der Waals surface area contributed by atoms with E-state index in [-0.39, 0.29) is 31.1 Å². The van der Waals surface area contributed by atoms with Gasteiger partial charge in [-0.05, 0) is 64.4 Å². The number of rotatable bonds is 4. The molecule has 0 aromatic heterocycles. The van der Waals surface area contributed by atoms with Crippen molar-refractivity contribution in [2.75, 3.05) is 13.7 Å². The van der Waals surface area contributed by atoms with Crippen LogP contribution >= 0.6 is 0 Å². The number of nitrogens with one attached hydrogen (secondary N) is 2. The van der Waals surface area contributed by atoms with E-state index in [1.807, 2.05) is 44.2 Å². The first-order valence-electron chi connectivity index (χ1n) is 15.2. The molecule has 230 valence electrons. The molecule has 0 bridgehead atoms. The average Bonchev–Trinajstić information content (AvgIpc) is 3.46. The number of fused-ring (bicyclic) bond motifs is 3. The molecule has 0 spiro atoms. The largest absolute Gasteiger partial charge is 0.467 e. The molecule has 0 radical (unpaired) electrons. The van der Waals surface area contributed by atoms with Crippen LogP contribution < -0.4 is 10.6 Å². The zero-order valence-corrected chi connectivity index (χ0v) is 25.0. The number of benzene rings is 1. The molecule has 4 rings (SSSR count). The van der Waals surface area contributed by atoms with Gasteiger partial charge in [0.05, 0.1) is 18.8 Å². The van der Waals surface area contributed by atoms with Crippen molar-refractivity contribution < 1.29 is 33.4 Å². The molecule has 3 heterocycles. The summed E-state index contributed by atoms with van der Waals surface area (Å²) < 4.78 is 16.7. The van der Waals surface area contributed by atoms with Gasteiger partial charge in [0.15, 0.2) is 0 Å². The Balaban J connectivity index is 1.56. The third-order valence-corrected chi connectivity index (χ3v) is 8.34. The average molecular weight is 584 g/mol. The smallest absolute Gasteiger partial charge is 0.408 e. The number of hydrogen-bond acceptors (Lipinski definition) is 7. The van der Waals surface area contributed by atoms with Gasteiger partial charge in [-0.15, -0.1) is 0 Å². The molecular weight excluding hydrogens is 538 g/mol. The summed E-state index contributed by atoms with van der Waals surface area (Å²) in [6, 6.07) is 6.81. The fraction of sp³-hybridized carbons (Fsp3) is 0.625. The zero-order chi connectivity index (χ0) is 30.1. The second kappa shape index (κ2) is 14.7. The highest BCUT2D eigenvalue weighted by molar-refractivity contribution is 5.94. The number of methoxy groups -OCH3 is 1. The molecule has 0 saturated carbocycles. The van der Waals surface area contributed by atoms with E-state index in [9.17, 15) is 19.2 Å². The van der Waals surface area contributed by atoms with Gasteiger partial charge in [-0.1, -0.05) is 55.3 Å². The van der Waals surface area contributed by atoms with E-state index < -0.39 is 41.7 Å². The van der Waals surface area contributed by atoms with Gasteiger partial charge in [-0.2, -0.15) is 0 Å². The summed E-state index contributed by atoms with van der Waals surface area (Å²) in [6.45, 7) is 4.27. The number of alkyl carbamates (subject to hydrolysis) is 1. The van der Waals surface area contributed by atoms with Crippen LogP contribution in [0.4, 0.5) is 4.79 Å². The second-order valence-electron chi connectivity index (χ2n) is 12.1. The molecule has 3 aliphatic heterocycles. The normalized spacial score (nSPS) is 29.4. The summed E-state index contributed by atoms with van der Waals surface area (Å²) in [5, 5.41) is 5.67.